The first-order chi connectivity index (χ1) is 9.19. The van der Waals surface area contributed by atoms with Crippen molar-refractivity contribution in [2.45, 2.75) is 98.3 Å². The zero-order valence-electron chi connectivity index (χ0n) is 14.1. The summed E-state index contributed by atoms with van der Waals surface area (Å²) in [5.41, 5.74) is 0. The van der Waals surface area contributed by atoms with Crippen LogP contribution < -0.4 is 0 Å². The minimum atomic E-state index is 0.965. The van der Waals surface area contributed by atoms with Crippen molar-refractivity contribution in [3.8, 4) is 0 Å². The molecule has 0 radical (unpaired) electrons. The van der Waals surface area contributed by atoms with Gasteiger partial charge in [-0.1, -0.05) is 85.5 Å². The van der Waals surface area contributed by atoms with E-state index in [0.29, 0.717) is 0 Å². The molecule has 1 fully saturated rings. The van der Waals surface area contributed by atoms with Crippen molar-refractivity contribution >= 4 is 0 Å². The van der Waals surface area contributed by atoms with Crippen LogP contribution in [-0.4, -0.2) is 0 Å². The molecule has 19 heavy (non-hydrogen) atoms. The Balaban J connectivity index is 2.47. The molecule has 0 aliphatic heterocycles. The second-order valence-corrected chi connectivity index (χ2v) is 7.27. The van der Waals surface area contributed by atoms with Crippen LogP contribution in [0.25, 0.3) is 0 Å². The Labute approximate surface area is 122 Å². The van der Waals surface area contributed by atoms with Gasteiger partial charge in [0.05, 0.1) is 0 Å². The highest BCUT2D eigenvalue weighted by atomic mass is 14.3. The van der Waals surface area contributed by atoms with Gasteiger partial charge in [-0.15, -0.1) is 0 Å². The standard InChI is InChI=1S/C19H38/c1-5-7-9-11-18(10-8-6-2)19-14-12-16(3)17(4)13-15-19/h16-19H,5-15H2,1-4H3. The molecular weight excluding hydrogens is 228 g/mol. The first-order valence-corrected chi connectivity index (χ1v) is 9.19. The molecule has 0 aromatic rings. The van der Waals surface area contributed by atoms with E-state index in [9.17, 15) is 0 Å². The Kier molecular flexibility index (Phi) is 8.83. The van der Waals surface area contributed by atoms with E-state index in [1.807, 2.05) is 0 Å². The first kappa shape index (κ1) is 17.1. The highest BCUT2D eigenvalue weighted by molar-refractivity contribution is 4.77. The molecule has 1 aliphatic rings. The molecule has 0 heteroatoms. The van der Waals surface area contributed by atoms with Crippen molar-refractivity contribution in [3.63, 3.8) is 0 Å². The third-order valence-corrected chi connectivity index (χ3v) is 5.73. The van der Waals surface area contributed by atoms with Crippen LogP contribution in [0.3, 0.4) is 0 Å². The molecule has 1 saturated carbocycles. The van der Waals surface area contributed by atoms with Crippen molar-refractivity contribution < 1.29 is 0 Å². The molecule has 0 amide bonds. The number of hydrogen-bond acceptors (Lipinski definition) is 0. The molecule has 0 aromatic carbocycles. The molecule has 0 heterocycles. The third-order valence-electron chi connectivity index (χ3n) is 5.73. The van der Waals surface area contributed by atoms with Crippen LogP contribution in [0.5, 0.6) is 0 Å². The summed E-state index contributed by atoms with van der Waals surface area (Å²) < 4.78 is 0. The van der Waals surface area contributed by atoms with Gasteiger partial charge in [0, 0.05) is 0 Å². The molecule has 0 aromatic heterocycles. The van der Waals surface area contributed by atoms with Gasteiger partial charge in [-0.05, 0) is 36.5 Å². The van der Waals surface area contributed by atoms with Crippen molar-refractivity contribution in [1.29, 1.82) is 0 Å². The Hall–Kier alpha value is 0. The molecule has 0 nitrogen and oxygen atoms in total. The fraction of sp³-hybridized carbons (Fsp3) is 1.00. The number of unbranched alkanes of at least 4 members (excludes halogenated alkanes) is 3. The molecule has 3 unspecified atom stereocenters. The fourth-order valence-electron chi connectivity index (χ4n) is 3.88. The van der Waals surface area contributed by atoms with Crippen LogP contribution in [0.1, 0.15) is 98.3 Å². The summed E-state index contributed by atoms with van der Waals surface area (Å²) in [7, 11) is 0. The molecule has 0 bridgehead atoms. The summed E-state index contributed by atoms with van der Waals surface area (Å²) in [4.78, 5) is 0. The van der Waals surface area contributed by atoms with Gasteiger partial charge in [0.1, 0.15) is 0 Å². The van der Waals surface area contributed by atoms with Crippen LogP contribution in [0, 0.1) is 23.7 Å². The molecule has 3 atom stereocenters. The highest BCUT2D eigenvalue weighted by Gasteiger charge is 2.26. The normalized spacial score (nSPS) is 30.0. The summed E-state index contributed by atoms with van der Waals surface area (Å²) in [5, 5.41) is 0. The second kappa shape index (κ2) is 9.83. The minimum absolute atomic E-state index is 0.965. The number of rotatable bonds is 8. The van der Waals surface area contributed by atoms with Crippen LogP contribution in [0.15, 0.2) is 0 Å². The lowest BCUT2D eigenvalue weighted by atomic mass is 9.79. The van der Waals surface area contributed by atoms with E-state index in [1.54, 1.807) is 0 Å². The summed E-state index contributed by atoms with van der Waals surface area (Å²) in [6.45, 7) is 9.63. The largest absolute Gasteiger partial charge is 0.0654 e. The van der Waals surface area contributed by atoms with Gasteiger partial charge in [-0.3, -0.25) is 0 Å². The van der Waals surface area contributed by atoms with Gasteiger partial charge in [-0.2, -0.15) is 0 Å². The van der Waals surface area contributed by atoms with E-state index < -0.39 is 0 Å². The predicted octanol–water partition coefficient (Wildman–Crippen LogP) is 6.84. The lowest BCUT2D eigenvalue weighted by Gasteiger charge is -2.26. The van der Waals surface area contributed by atoms with E-state index in [4.69, 9.17) is 0 Å². The maximum absolute atomic E-state index is 2.48. The summed E-state index contributed by atoms with van der Waals surface area (Å²) >= 11 is 0. The monoisotopic (exact) mass is 266 g/mol. The quantitative estimate of drug-likeness (QED) is 0.333. The maximum Gasteiger partial charge on any atom is -0.0386 e. The average Bonchev–Trinajstić information content (AvgIpc) is 2.57. The van der Waals surface area contributed by atoms with Gasteiger partial charge in [0.2, 0.25) is 0 Å². The van der Waals surface area contributed by atoms with Crippen LogP contribution in [0.2, 0.25) is 0 Å². The van der Waals surface area contributed by atoms with Crippen LogP contribution in [0.4, 0.5) is 0 Å². The van der Waals surface area contributed by atoms with Crippen molar-refractivity contribution in [1.82, 2.24) is 0 Å². The zero-order valence-corrected chi connectivity index (χ0v) is 14.1. The Morgan fingerprint density at radius 3 is 1.79 bits per heavy atom. The average molecular weight is 267 g/mol. The molecule has 0 spiro atoms. The zero-order chi connectivity index (χ0) is 14.1. The predicted molar refractivity (Wildman–Crippen MR) is 87.4 cm³/mol. The van der Waals surface area contributed by atoms with E-state index in [-0.39, 0.29) is 0 Å². The smallest absolute Gasteiger partial charge is 0.0386 e. The lowest BCUT2D eigenvalue weighted by molar-refractivity contribution is 0.251. The Morgan fingerprint density at radius 1 is 0.737 bits per heavy atom. The van der Waals surface area contributed by atoms with Crippen LogP contribution in [-0.2, 0) is 0 Å². The topological polar surface area (TPSA) is 0 Å². The Bertz CT molecular complexity index is 196. The SMILES string of the molecule is CCCCCC(CCCC)C1CCC(C)C(C)CC1. The summed E-state index contributed by atoms with van der Waals surface area (Å²) in [6, 6.07) is 0. The van der Waals surface area contributed by atoms with Crippen molar-refractivity contribution in [2.24, 2.45) is 23.7 Å². The molecule has 0 saturated heterocycles. The van der Waals surface area contributed by atoms with Crippen molar-refractivity contribution in [3.05, 3.63) is 0 Å². The fourth-order valence-corrected chi connectivity index (χ4v) is 3.88. The molecule has 1 rings (SSSR count). The van der Waals surface area contributed by atoms with E-state index in [2.05, 4.69) is 27.7 Å². The van der Waals surface area contributed by atoms with E-state index in [1.165, 1.54) is 70.6 Å². The van der Waals surface area contributed by atoms with Gasteiger partial charge < -0.3 is 0 Å². The molecular formula is C19H38. The molecule has 114 valence electrons. The van der Waals surface area contributed by atoms with E-state index in [0.717, 1.165) is 23.7 Å². The Morgan fingerprint density at radius 2 is 1.26 bits per heavy atom. The first-order valence-electron chi connectivity index (χ1n) is 9.19. The van der Waals surface area contributed by atoms with Gasteiger partial charge in [-0.25, -0.2) is 0 Å². The number of hydrogen-bond donors (Lipinski definition) is 0. The summed E-state index contributed by atoms with van der Waals surface area (Å²) in [5.74, 6) is 4.03. The molecule has 1 aliphatic carbocycles. The van der Waals surface area contributed by atoms with Crippen molar-refractivity contribution in [2.75, 3.05) is 0 Å². The van der Waals surface area contributed by atoms with Gasteiger partial charge >= 0.3 is 0 Å². The highest BCUT2D eigenvalue weighted by Crippen LogP contribution is 2.38. The van der Waals surface area contributed by atoms with Crippen LogP contribution >= 0.6 is 0 Å². The van der Waals surface area contributed by atoms with E-state index >= 15 is 0 Å². The molecule has 0 N–H and O–H groups in total. The minimum Gasteiger partial charge on any atom is -0.0654 e. The summed E-state index contributed by atoms with van der Waals surface area (Å²) in [6.07, 6.45) is 16.2. The maximum atomic E-state index is 2.48. The second-order valence-electron chi connectivity index (χ2n) is 7.27. The van der Waals surface area contributed by atoms with Gasteiger partial charge in [0.15, 0.2) is 0 Å². The van der Waals surface area contributed by atoms with Gasteiger partial charge in [0.25, 0.3) is 0 Å². The lowest BCUT2D eigenvalue weighted by Crippen LogP contribution is -2.15. The third kappa shape index (κ3) is 6.32.